The van der Waals surface area contributed by atoms with Crippen LogP contribution in [-0.4, -0.2) is 24.9 Å². The van der Waals surface area contributed by atoms with Gasteiger partial charge in [-0.2, -0.15) is 0 Å². The first-order valence-electron chi connectivity index (χ1n) is 5.54. The van der Waals surface area contributed by atoms with Crippen molar-refractivity contribution in [3.05, 3.63) is 42.5 Å². The van der Waals surface area contributed by atoms with E-state index < -0.39 is 0 Å². The molecule has 0 spiro atoms. The molecule has 17 heavy (non-hydrogen) atoms. The molecular weight excluding hydrogens is 216 g/mol. The van der Waals surface area contributed by atoms with Crippen molar-refractivity contribution in [3.8, 4) is 0 Å². The number of imide groups is 1. The van der Waals surface area contributed by atoms with Crippen molar-refractivity contribution in [3.63, 3.8) is 0 Å². The molecule has 0 aliphatic carbocycles. The second-order valence-corrected chi connectivity index (χ2v) is 3.82. The zero-order chi connectivity index (χ0) is 12.1. The molecule has 88 valence electrons. The maximum absolute atomic E-state index is 12.1. The van der Waals surface area contributed by atoms with Crippen LogP contribution in [0.25, 0.3) is 0 Å². The minimum absolute atomic E-state index is 0.212. The fraction of sp³-hybridized carbons (Fsp3) is 0.231. The minimum atomic E-state index is -0.314. The highest BCUT2D eigenvalue weighted by Crippen LogP contribution is 2.14. The number of anilines is 1. The van der Waals surface area contributed by atoms with Crippen LogP contribution in [0.5, 0.6) is 0 Å². The number of amides is 2. The van der Waals surface area contributed by atoms with Gasteiger partial charge >= 0.3 is 0 Å². The number of benzene rings is 1. The molecule has 0 radical (unpaired) electrons. The SMILES string of the molecule is O=CN(C(=O)C1CC=CCN1)c1ccccc1. The number of carbonyl (C=O) groups excluding carboxylic acids is 2. The maximum Gasteiger partial charge on any atom is 0.251 e. The lowest BCUT2D eigenvalue weighted by Crippen LogP contribution is -2.47. The van der Waals surface area contributed by atoms with Gasteiger partial charge in [-0.3, -0.25) is 14.5 Å². The molecule has 2 rings (SSSR count). The fourth-order valence-corrected chi connectivity index (χ4v) is 1.79. The quantitative estimate of drug-likeness (QED) is 0.624. The van der Waals surface area contributed by atoms with Crippen LogP contribution in [0.15, 0.2) is 42.5 Å². The van der Waals surface area contributed by atoms with Crippen LogP contribution in [0.2, 0.25) is 0 Å². The van der Waals surface area contributed by atoms with Crippen LogP contribution in [0.3, 0.4) is 0 Å². The first-order valence-corrected chi connectivity index (χ1v) is 5.54. The number of hydrogen-bond acceptors (Lipinski definition) is 3. The normalized spacial score (nSPS) is 18.7. The van der Waals surface area contributed by atoms with Gasteiger partial charge in [-0.25, -0.2) is 0 Å². The largest absolute Gasteiger partial charge is 0.302 e. The first kappa shape index (κ1) is 11.5. The van der Waals surface area contributed by atoms with Gasteiger partial charge in [-0.1, -0.05) is 30.4 Å². The first-order chi connectivity index (χ1) is 8.33. The Hall–Kier alpha value is -1.94. The summed E-state index contributed by atoms with van der Waals surface area (Å²) in [5.41, 5.74) is 0.601. The summed E-state index contributed by atoms with van der Waals surface area (Å²) >= 11 is 0. The topological polar surface area (TPSA) is 49.4 Å². The molecule has 1 heterocycles. The van der Waals surface area contributed by atoms with Gasteiger partial charge in [0.25, 0.3) is 5.91 Å². The smallest absolute Gasteiger partial charge is 0.251 e. The van der Waals surface area contributed by atoms with E-state index in [4.69, 9.17) is 0 Å². The molecule has 0 bridgehead atoms. The summed E-state index contributed by atoms with van der Waals surface area (Å²) in [6.07, 6.45) is 5.11. The Morgan fingerprint density at radius 3 is 2.65 bits per heavy atom. The van der Waals surface area contributed by atoms with E-state index in [9.17, 15) is 9.59 Å². The van der Waals surface area contributed by atoms with E-state index in [1.54, 1.807) is 24.3 Å². The average molecular weight is 230 g/mol. The molecule has 0 aromatic heterocycles. The molecule has 0 fully saturated rings. The second-order valence-electron chi connectivity index (χ2n) is 3.82. The van der Waals surface area contributed by atoms with Gasteiger partial charge in [0.15, 0.2) is 0 Å². The predicted octanol–water partition coefficient (Wildman–Crippen LogP) is 1.09. The summed E-state index contributed by atoms with van der Waals surface area (Å²) in [6.45, 7) is 0.665. The summed E-state index contributed by atoms with van der Waals surface area (Å²) < 4.78 is 0. The zero-order valence-electron chi connectivity index (χ0n) is 9.37. The predicted molar refractivity (Wildman–Crippen MR) is 65.5 cm³/mol. The Bertz CT molecular complexity index is 428. The molecule has 1 N–H and O–H groups in total. The van der Waals surface area contributed by atoms with Crippen LogP contribution in [0, 0.1) is 0 Å². The van der Waals surface area contributed by atoms with Crippen molar-refractivity contribution in [1.82, 2.24) is 5.32 Å². The molecule has 1 aromatic rings. The molecule has 1 aliphatic heterocycles. The van der Waals surface area contributed by atoms with Crippen molar-refractivity contribution in [2.45, 2.75) is 12.5 Å². The lowest BCUT2D eigenvalue weighted by molar-refractivity contribution is -0.123. The van der Waals surface area contributed by atoms with E-state index in [-0.39, 0.29) is 11.9 Å². The van der Waals surface area contributed by atoms with Crippen LogP contribution >= 0.6 is 0 Å². The summed E-state index contributed by atoms with van der Waals surface area (Å²) in [6, 6.07) is 8.61. The molecule has 0 saturated carbocycles. The number of para-hydroxylation sites is 1. The Labute approximate surface area is 99.9 Å². The zero-order valence-corrected chi connectivity index (χ0v) is 9.37. The Morgan fingerprint density at radius 1 is 1.29 bits per heavy atom. The molecule has 1 aliphatic rings. The Balaban J connectivity index is 2.16. The lowest BCUT2D eigenvalue weighted by atomic mass is 10.1. The van der Waals surface area contributed by atoms with Gasteiger partial charge < -0.3 is 5.32 Å². The molecule has 4 nitrogen and oxygen atoms in total. The van der Waals surface area contributed by atoms with Crippen LogP contribution in [0.1, 0.15) is 6.42 Å². The van der Waals surface area contributed by atoms with Crippen molar-refractivity contribution >= 4 is 18.0 Å². The molecule has 1 unspecified atom stereocenters. The number of carbonyl (C=O) groups is 2. The van der Waals surface area contributed by atoms with Crippen LogP contribution in [-0.2, 0) is 9.59 Å². The van der Waals surface area contributed by atoms with Crippen molar-refractivity contribution in [1.29, 1.82) is 0 Å². The summed E-state index contributed by atoms with van der Waals surface area (Å²) in [7, 11) is 0. The van der Waals surface area contributed by atoms with E-state index in [2.05, 4.69) is 5.32 Å². The summed E-state index contributed by atoms with van der Waals surface area (Å²) in [5, 5.41) is 3.07. The number of nitrogens with zero attached hydrogens (tertiary/aromatic N) is 1. The monoisotopic (exact) mass is 230 g/mol. The van der Waals surface area contributed by atoms with Crippen molar-refractivity contribution in [2.24, 2.45) is 0 Å². The highest BCUT2D eigenvalue weighted by molar-refractivity contribution is 6.09. The lowest BCUT2D eigenvalue weighted by Gasteiger charge is -2.24. The van der Waals surface area contributed by atoms with Gasteiger partial charge in [0, 0.05) is 6.54 Å². The van der Waals surface area contributed by atoms with Gasteiger partial charge in [0.2, 0.25) is 6.41 Å². The summed E-state index contributed by atoms with van der Waals surface area (Å²) in [4.78, 5) is 24.3. The van der Waals surface area contributed by atoms with E-state index in [0.717, 1.165) is 4.90 Å². The summed E-state index contributed by atoms with van der Waals surface area (Å²) in [5.74, 6) is -0.212. The third-order valence-corrected chi connectivity index (χ3v) is 2.70. The number of hydrogen-bond donors (Lipinski definition) is 1. The highest BCUT2D eigenvalue weighted by atomic mass is 16.2. The molecule has 1 atom stereocenters. The van der Waals surface area contributed by atoms with Gasteiger partial charge in [0.1, 0.15) is 0 Å². The standard InChI is InChI=1S/C13H14N2O2/c16-10-15(11-6-2-1-3-7-11)13(17)12-8-4-5-9-14-12/h1-7,10,12,14H,8-9H2. The minimum Gasteiger partial charge on any atom is -0.302 e. The number of nitrogens with one attached hydrogen (secondary N) is 1. The number of rotatable bonds is 3. The molecule has 2 amide bonds. The molecular formula is C13H14N2O2. The third kappa shape index (κ3) is 2.60. The van der Waals surface area contributed by atoms with Crippen molar-refractivity contribution in [2.75, 3.05) is 11.4 Å². The average Bonchev–Trinajstić information content (AvgIpc) is 2.42. The molecule has 1 aromatic carbocycles. The van der Waals surface area contributed by atoms with Gasteiger partial charge in [-0.15, -0.1) is 0 Å². The van der Waals surface area contributed by atoms with Crippen LogP contribution < -0.4 is 10.2 Å². The van der Waals surface area contributed by atoms with Gasteiger partial charge in [-0.05, 0) is 18.6 Å². The van der Waals surface area contributed by atoms with E-state index in [1.165, 1.54) is 0 Å². The van der Waals surface area contributed by atoms with Gasteiger partial charge in [0.05, 0.1) is 11.7 Å². The van der Waals surface area contributed by atoms with Crippen LogP contribution in [0.4, 0.5) is 5.69 Å². The highest BCUT2D eigenvalue weighted by Gasteiger charge is 2.24. The van der Waals surface area contributed by atoms with E-state index >= 15 is 0 Å². The van der Waals surface area contributed by atoms with Crippen molar-refractivity contribution < 1.29 is 9.59 Å². The third-order valence-electron chi connectivity index (χ3n) is 2.70. The second kappa shape index (κ2) is 5.41. The van der Waals surface area contributed by atoms with E-state index in [0.29, 0.717) is 25.1 Å². The maximum atomic E-state index is 12.1. The van der Waals surface area contributed by atoms with E-state index in [1.807, 2.05) is 18.2 Å². The molecule has 0 saturated heterocycles. The Kier molecular flexibility index (Phi) is 3.67. The Morgan fingerprint density at radius 2 is 2.06 bits per heavy atom. The molecule has 4 heteroatoms. The fourth-order valence-electron chi connectivity index (χ4n) is 1.79.